The molecular weight excluding hydrogens is 182 g/mol. The second-order valence-corrected chi connectivity index (χ2v) is 3.83. The summed E-state index contributed by atoms with van der Waals surface area (Å²) in [5, 5.41) is 3.46. The fraction of sp³-hybridized carbons (Fsp3) is 0.429. The highest BCUT2D eigenvalue weighted by atomic mass is 14.9. The van der Waals surface area contributed by atoms with E-state index >= 15 is 0 Å². The SMILES string of the molecule is C#CCC(NCCC)c1ccc(C)cc1. The van der Waals surface area contributed by atoms with E-state index < -0.39 is 0 Å². The van der Waals surface area contributed by atoms with Crippen molar-refractivity contribution in [1.82, 2.24) is 5.32 Å². The molecule has 80 valence electrons. The highest BCUT2D eigenvalue weighted by Gasteiger charge is 2.07. The topological polar surface area (TPSA) is 12.0 Å². The molecule has 0 amide bonds. The van der Waals surface area contributed by atoms with Gasteiger partial charge in [-0.2, -0.15) is 0 Å². The average Bonchev–Trinajstić information content (AvgIpc) is 2.25. The van der Waals surface area contributed by atoms with Gasteiger partial charge in [0.2, 0.25) is 0 Å². The van der Waals surface area contributed by atoms with Gasteiger partial charge >= 0.3 is 0 Å². The van der Waals surface area contributed by atoms with E-state index in [9.17, 15) is 0 Å². The minimum Gasteiger partial charge on any atom is -0.309 e. The van der Waals surface area contributed by atoms with Crippen LogP contribution in [0.25, 0.3) is 0 Å². The second kappa shape index (κ2) is 6.27. The first-order valence-electron chi connectivity index (χ1n) is 5.51. The molecule has 1 rings (SSSR count). The molecule has 0 saturated carbocycles. The summed E-state index contributed by atoms with van der Waals surface area (Å²) < 4.78 is 0. The van der Waals surface area contributed by atoms with E-state index in [2.05, 4.69) is 49.4 Å². The smallest absolute Gasteiger partial charge is 0.0430 e. The van der Waals surface area contributed by atoms with Crippen LogP contribution in [0.2, 0.25) is 0 Å². The van der Waals surface area contributed by atoms with Crippen LogP contribution in [0.3, 0.4) is 0 Å². The van der Waals surface area contributed by atoms with Crippen LogP contribution in [0.1, 0.15) is 36.9 Å². The van der Waals surface area contributed by atoms with Crippen LogP contribution in [-0.4, -0.2) is 6.54 Å². The third kappa shape index (κ3) is 3.77. The van der Waals surface area contributed by atoms with Gasteiger partial charge in [-0.1, -0.05) is 36.8 Å². The third-order valence-corrected chi connectivity index (χ3v) is 2.44. The summed E-state index contributed by atoms with van der Waals surface area (Å²) in [4.78, 5) is 0. The summed E-state index contributed by atoms with van der Waals surface area (Å²) in [7, 11) is 0. The number of aryl methyl sites for hydroxylation is 1. The molecular formula is C14H19N. The van der Waals surface area contributed by atoms with Crippen molar-refractivity contribution in [3.8, 4) is 12.3 Å². The summed E-state index contributed by atoms with van der Waals surface area (Å²) >= 11 is 0. The number of terminal acetylenes is 1. The number of rotatable bonds is 5. The molecule has 15 heavy (non-hydrogen) atoms. The summed E-state index contributed by atoms with van der Waals surface area (Å²) in [6.07, 6.45) is 7.26. The van der Waals surface area contributed by atoms with Gasteiger partial charge in [0.25, 0.3) is 0 Å². The number of hydrogen-bond acceptors (Lipinski definition) is 1. The summed E-state index contributed by atoms with van der Waals surface area (Å²) in [6, 6.07) is 8.87. The van der Waals surface area contributed by atoms with Gasteiger partial charge in [-0.05, 0) is 25.5 Å². The quantitative estimate of drug-likeness (QED) is 0.722. The molecule has 1 nitrogen and oxygen atoms in total. The molecule has 0 fully saturated rings. The molecule has 1 unspecified atom stereocenters. The van der Waals surface area contributed by atoms with Gasteiger partial charge in [0.05, 0.1) is 0 Å². The van der Waals surface area contributed by atoms with Crippen LogP contribution in [0.4, 0.5) is 0 Å². The molecule has 1 heteroatoms. The first-order chi connectivity index (χ1) is 7.27. The van der Waals surface area contributed by atoms with E-state index in [4.69, 9.17) is 6.42 Å². The van der Waals surface area contributed by atoms with Crippen molar-refractivity contribution in [3.05, 3.63) is 35.4 Å². The maximum atomic E-state index is 5.38. The molecule has 1 aromatic carbocycles. The Morgan fingerprint density at radius 1 is 1.33 bits per heavy atom. The van der Waals surface area contributed by atoms with Crippen LogP contribution in [0, 0.1) is 19.3 Å². The number of nitrogens with one attached hydrogen (secondary N) is 1. The Labute approximate surface area is 92.9 Å². The third-order valence-electron chi connectivity index (χ3n) is 2.44. The monoisotopic (exact) mass is 201 g/mol. The van der Waals surface area contributed by atoms with E-state index in [0.29, 0.717) is 6.04 Å². The normalized spacial score (nSPS) is 12.1. The van der Waals surface area contributed by atoms with Crippen LogP contribution in [0.15, 0.2) is 24.3 Å². The zero-order valence-corrected chi connectivity index (χ0v) is 9.59. The maximum Gasteiger partial charge on any atom is 0.0430 e. The van der Waals surface area contributed by atoms with Crippen LogP contribution in [0.5, 0.6) is 0 Å². The molecule has 0 spiro atoms. The molecule has 0 aromatic heterocycles. The highest BCUT2D eigenvalue weighted by Crippen LogP contribution is 2.16. The fourth-order valence-electron chi connectivity index (χ4n) is 1.54. The average molecular weight is 201 g/mol. The Kier molecular flexibility index (Phi) is 4.93. The fourth-order valence-corrected chi connectivity index (χ4v) is 1.54. The lowest BCUT2D eigenvalue weighted by atomic mass is 10.0. The molecule has 1 aromatic rings. The molecule has 0 aliphatic carbocycles. The summed E-state index contributed by atoms with van der Waals surface area (Å²) in [6.45, 7) is 5.27. The van der Waals surface area contributed by atoms with Gasteiger partial charge in [-0.15, -0.1) is 12.3 Å². The van der Waals surface area contributed by atoms with Crippen LogP contribution in [-0.2, 0) is 0 Å². The molecule has 1 N–H and O–H groups in total. The minimum atomic E-state index is 0.301. The largest absolute Gasteiger partial charge is 0.309 e. The summed E-state index contributed by atoms with van der Waals surface area (Å²) in [5.41, 5.74) is 2.57. The molecule has 1 atom stereocenters. The van der Waals surface area contributed by atoms with Gasteiger partial charge in [-0.3, -0.25) is 0 Å². The van der Waals surface area contributed by atoms with Gasteiger partial charge in [0.1, 0.15) is 0 Å². The molecule has 0 heterocycles. The lowest BCUT2D eigenvalue weighted by Crippen LogP contribution is -2.21. The Bertz CT molecular complexity index is 318. The number of hydrogen-bond donors (Lipinski definition) is 1. The van der Waals surface area contributed by atoms with Gasteiger partial charge in [0, 0.05) is 12.5 Å². The van der Waals surface area contributed by atoms with Gasteiger partial charge in [-0.25, -0.2) is 0 Å². The molecule has 0 bridgehead atoms. The number of benzene rings is 1. The first-order valence-corrected chi connectivity index (χ1v) is 5.51. The molecule has 0 aliphatic rings. The van der Waals surface area contributed by atoms with E-state index in [1.54, 1.807) is 0 Å². The van der Waals surface area contributed by atoms with Gasteiger partial charge in [0.15, 0.2) is 0 Å². The molecule has 0 saturated heterocycles. The van der Waals surface area contributed by atoms with Gasteiger partial charge < -0.3 is 5.32 Å². The Morgan fingerprint density at radius 3 is 2.53 bits per heavy atom. The first kappa shape index (κ1) is 11.8. The van der Waals surface area contributed by atoms with Crippen LogP contribution >= 0.6 is 0 Å². The predicted molar refractivity (Wildman–Crippen MR) is 65.7 cm³/mol. The summed E-state index contributed by atoms with van der Waals surface area (Å²) in [5.74, 6) is 2.73. The zero-order chi connectivity index (χ0) is 11.1. The van der Waals surface area contributed by atoms with E-state index in [-0.39, 0.29) is 0 Å². The van der Waals surface area contributed by atoms with Crippen molar-refractivity contribution in [2.24, 2.45) is 0 Å². The van der Waals surface area contributed by atoms with Crippen molar-refractivity contribution in [2.75, 3.05) is 6.54 Å². The lowest BCUT2D eigenvalue weighted by Gasteiger charge is -2.16. The van der Waals surface area contributed by atoms with E-state index in [1.807, 2.05) is 0 Å². The highest BCUT2D eigenvalue weighted by molar-refractivity contribution is 5.25. The Balaban J connectivity index is 2.70. The van der Waals surface area contributed by atoms with E-state index in [0.717, 1.165) is 19.4 Å². The Hall–Kier alpha value is -1.26. The van der Waals surface area contributed by atoms with Crippen molar-refractivity contribution < 1.29 is 0 Å². The van der Waals surface area contributed by atoms with Crippen molar-refractivity contribution in [2.45, 2.75) is 32.7 Å². The standard InChI is InChI=1S/C14H19N/c1-4-6-14(15-11-5-2)13-9-7-12(3)8-10-13/h1,7-10,14-15H,5-6,11H2,2-3H3. The van der Waals surface area contributed by atoms with Crippen LogP contribution < -0.4 is 5.32 Å². The Morgan fingerprint density at radius 2 is 2.00 bits per heavy atom. The van der Waals surface area contributed by atoms with Crippen molar-refractivity contribution in [1.29, 1.82) is 0 Å². The second-order valence-electron chi connectivity index (χ2n) is 3.83. The van der Waals surface area contributed by atoms with Crippen molar-refractivity contribution in [3.63, 3.8) is 0 Å². The van der Waals surface area contributed by atoms with Crippen molar-refractivity contribution >= 4 is 0 Å². The molecule has 0 radical (unpaired) electrons. The maximum absolute atomic E-state index is 5.38. The molecule has 0 aliphatic heterocycles. The lowest BCUT2D eigenvalue weighted by molar-refractivity contribution is 0.542. The minimum absolute atomic E-state index is 0.301. The zero-order valence-electron chi connectivity index (χ0n) is 9.59. The predicted octanol–water partition coefficient (Wildman–Crippen LogP) is 3.06. The van der Waals surface area contributed by atoms with E-state index in [1.165, 1.54) is 11.1 Å².